The van der Waals surface area contributed by atoms with Crippen molar-refractivity contribution in [3.8, 4) is 5.75 Å². The van der Waals surface area contributed by atoms with Gasteiger partial charge in [0.15, 0.2) is 0 Å². The summed E-state index contributed by atoms with van der Waals surface area (Å²) >= 11 is 0. The SMILES string of the molecule is C[C@H]1CCc2c(C=O)cc(O)cc21. The zero-order valence-electron chi connectivity index (χ0n) is 7.58. The Labute approximate surface area is 77.2 Å². The molecule has 0 saturated carbocycles. The standard InChI is InChI=1S/C11H12O2/c1-7-2-3-10-8(6-12)4-9(13)5-11(7)10/h4-7,13H,2-3H2,1H3/t7-/m0/s1. The molecule has 0 aliphatic heterocycles. The summed E-state index contributed by atoms with van der Waals surface area (Å²) < 4.78 is 0. The summed E-state index contributed by atoms with van der Waals surface area (Å²) in [5.41, 5.74) is 2.92. The van der Waals surface area contributed by atoms with Gasteiger partial charge in [0.05, 0.1) is 0 Å². The summed E-state index contributed by atoms with van der Waals surface area (Å²) in [6, 6.07) is 3.32. The van der Waals surface area contributed by atoms with Gasteiger partial charge in [-0.25, -0.2) is 0 Å². The summed E-state index contributed by atoms with van der Waals surface area (Å²) in [6.45, 7) is 2.12. The minimum atomic E-state index is 0.203. The third kappa shape index (κ3) is 1.22. The number of carbonyl (C=O) groups is 1. The lowest BCUT2D eigenvalue weighted by atomic mass is 10.00. The first-order valence-electron chi connectivity index (χ1n) is 4.53. The van der Waals surface area contributed by atoms with E-state index in [1.54, 1.807) is 12.1 Å². The lowest BCUT2D eigenvalue weighted by Gasteiger charge is -2.06. The molecule has 1 aliphatic rings. The Morgan fingerprint density at radius 2 is 2.31 bits per heavy atom. The van der Waals surface area contributed by atoms with Crippen molar-refractivity contribution in [3.63, 3.8) is 0 Å². The summed E-state index contributed by atoms with van der Waals surface area (Å²) in [7, 11) is 0. The molecule has 0 spiro atoms. The lowest BCUT2D eigenvalue weighted by molar-refractivity contribution is 0.112. The van der Waals surface area contributed by atoms with Crippen molar-refractivity contribution in [2.45, 2.75) is 25.7 Å². The second-order valence-corrected chi connectivity index (χ2v) is 3.66. The van der Waals surface area contributed by atoms with Crippen molar-refractivity contribution in [2.75, 3.05) is 0 Å². The molecule has 0 bridgehead atoms. The van der Waals surface area contributed by atoms with Crippen LogP contribution in [0.25, 0.3) is 0 Å². The lowest BCUT2D eigenvalue weighted by Crippen LogP contribution is -1.92. The molecule has 0 amide bonds. The van der Waals surface area contributed by atoms with E-state index in [4.69, 9.17) is 0 Å². The van der Waals surface area contributed by atoms with Gasteiger partial charge in [0.2, 0.25) is 0 Å². The number of hydrogen-bond donors (Lipinski definition) is 1. The molecule has 68 valence electrons. The molecule has 0 aromatic heterocycles. The number of phenolic OH excluding ortho intramolecular Hbond substituents is 1. The molecule has 1 N–H and O–H groups in total. The Kier molecular flexibility index (Phi) is 1.83. The van der Waals surface area contributed by atoms with Gasteiger partial charge in [-0.2, -0.15) is 0 Å². The summed E-state index contributed by atoms with van der Waals surface area (Å²) in [5.74, 6) is 0.676. The maximum atomic E-state index is 10.7. The average Bonchev–Trinajstić information content (AvgIpc) is 2.47. The van der Waals surface area contributed by atoms with Crippen molar-refractivity contribution in [1.29, 1.82) is 0 Å². The summed E-state index contributed by atoms with van der Waals surface area (Å²) in [6.07, 6.45) is 2.88. The summed E-state index contributed by atoms with van der Waals surface area (Å²) in [4.78, 5) is 10.7. The molecule has 13 heavy (non-hydrogen) atoms. The highest BCUT2D eigenvalue weighted by Gasteiger charge is 2.21. The van der Waals surface area contributed by atoms with Crippen LogP contribution in [0.5, 0.6) is 5.75 Å². The summed E-state index contributed by atoms with van der Waals surface area (Å²) in [5, 5.41) is 9.37. The van der Waals surface area contributed by atoms with E-state index in [9.17, 15) is 9.90 Å². The van der Waals surface area contributed by atoms with Crippen molar-refractivity contribution in [3.05, 3.63) is 28.8 Å². The monoisotopic (exact) mass is 176 g/mol. The second kappa shape index (κ2) is 2.87. The van der Waals surface area contributed by atoms with Crippen LogP contribution in [0.2, 0.25) is 0 Å². The fourth-order valence-electron chi connectivity index (χ4n) is 2.05. The highest BCUT2D eigenvalue weighted by Crippen LogP contribution is 2.36. The normalized spacial score (nSPS) is 19.9. The van der Waals surface area contributed by atoms with E-state index in [-0.39, 0.29) is 5.75 Å². The van der Waals surface area contributed by atoms with E-state index in [1.165, 1.54) is 0 Å². The molecule has 2 nitrogen and oxygen atoms in total. The highest BCUT2D eigenvalue weighted by atomic mass is 16.3. The van der Waals surface area contributed by atoms with Gasteiger partial charge in [-0.15, -0.1) is 0 Å². The van der Waals surface area contributed by atoms with Crippen molar-refractivity contribution >= 4 is 6.29 Å². The number of aromatic hydroxyl groups is 1. The third-order valence-corrected chi connectivity index (χ3v) is 2.79. The van der Waals surface area contributed by atoms with E-state index in [2.05, 4.69) is 6.92 Å². The van der Waals surface area contributed by atoms with Gasteiger partial charge >= 0.3 is 0 Å². The fraction of sp³-hybridized carbons (Fsp3) is 0.364. The van der Waals surface area contributed by atoms with Crippen LogP contribution in [0.1, 0.15) is 40.7 Å². The largest absolute Gasteiger partial charge is 0.508 e. The van der Waals surface area contributed by atoms with Crippen LogP contribution in [-0.2, 0) is 6.42 Å². The molecule has 1 aromatic rings. The van der Waals surface area contributed by atoms with Gasteiger partial charge in [0.25, 0.3) is 0 Å². The zero-order valence-corrected chi connectivity index (χ0v) is 7.58. The van der Waals surface area contributed by atoms with Gasteiger partial charge in [0.1, 0.15) is 12.0 Å². The second-order valence-electron chi connectivity index (χ2n) is 3.66. The molecule has 0 fully saturated rings. The Bertz CT molecular complexity index is 355. The number of carbonyl (C=O) groups excluding carboxylic acids is 1. The van der Waals surface area contributed by atoms with E-state index in [1.807, 2.05) is 0 Å². The molecule has 1 aromatic carbocycles. The molecule has 0 radical (unpaired) electrons. The molecular formula is C11H12O2. The van der Waals surface area contributed by atoms with Crippen molar-refractivity contribution in [1.82, 2.24) is 0 Å². The van der Waals surface area contributed by atoms with Crippen molar-refractivity contribution < 1.29 is 9.90 Å². The topological polar surface area (TPSA) is 37.3 Å². The van der Waals surface area contributed by atoms with Crippen molar-refractivity contribution in [2.24, 2.45) is 0 Å². The van der Waals surface area contributed by atoms with E-state index >= 15 is 0 Å². The Hall–Kier alpha value is -1.31. The minimum absolute atomic E-state index is 0.203. The Morgan fingerprint density at radius 3 is 3.00 bits per heavy atom. The molecule has 0 unspecified atom stereocenters. The molecule has 2 heteroatoms. The molecule has 2 rings (SSSR count). The predicted octanol–water partition coefficient (Wildman–Crippen LogP) is 2.25. The number of rotatable bonds is 1. The van der Waals surface area contributed by atoms with Gasteiger partial charge < -0.3 is 5.11 Å². The number of phenols is 1. The first-order valence-corrected chi connectivity index (χ1v) is 4.53. The molecule has 0 saturated heterocycles. The van der Waals surface area contributed by atoms with Crippen LogP contribution < -0.4 is 0 Å². The number of aldehydes is 1. The quantitative estimate of drug-likeness (QED) is 0.666. The van der Waals surface area contributed by atoms with Crippen LogP contribution in [0.4, 0.5) is 0 Å². The van der Waals surface area contributed by atoms with E-state index < -0.39 is 0 Å². The zero-order chi connectivity index (χ0) is 9.42. The third-order valence-electron chi connectivity index (χ3n) is 2.79. The van der Waals surface area contributed by atoms with Gasteiger partial charge in [0, 0.05) is 5.56 Å². The maximum absolute atomic E-state index is 10.7. The molecule has 0 heterocycles. The smallest absolute Gasteiger partial charge is 0.150 e. The maximum Gasteiger partial charge on any atom is 0.150 e. The Balaban J connectivity index is 2.62. The number of benzene rings is 1. The molecular weight excluding hydrogens is 164 g/mol. The predicted molar refractivity (Wildman–Crippen MR) is 50.2 cm³/mol. The first-order chi connectivity index (χ1) is 6.22. The number of hydrogen-bond acceptors (Lipinski definition) is 2. The van der Waals surface area contributed by atoms with Gasteiger partial charge in [-0.3, -0.25) is 4.79 Å². The van der Waals surface area contributed by atoms with E-state index in [0.29, 0.717) is 11.5 Å². The van der Waals surface area contributed by atoms with Crippen LogP contribution in [-0.4, -0.2) is 11.4 Å². The van der Waals surface area contributed by atoms with Crippen LogP contribution in [0, 0.1) is 0 Å². The molecule has 1 aliphatic carbocycles. The molecule has 1 atom stereocenters. The average molecular weight is 176 g/mol. The van der Waals surface area contributed by atoms with Crippen LogP contribution in [0.15, 0.2) is 12.1 Å². The minimum Gasteiger partial charge on any atom is -0.508 e. The fourth-order valence-corrected chi connectivity index (χ4v) is 2.05. The van der Waals surface area contributed by atoms with Crippen LogP contribution in [0.3, 0.4) is 0 Å². The Morgan fingerprint density at radius 1 is 1.54 bits per heavy atom. The van der Waals surface area contributed by atoms with E-state index in [0.717, 1.165) is 30.3 Å². The highest BCUT2D eigenvalue weighted by molar-refractivity contribution is 5.79. The van der Waals surface area contributed by atoms with Gasteiger partial charge in [-0.1, -0.05) is 6.92 Å². The number of fused-ring (bicyclic) bond motifs is 1. The first kappa shape index (κ1) is 8.30. The van der Waals surface area contributed by atoms with Crippen LogP contribution >= 0.6 is 0 Å². The van der Waals surface area contributed by atoms with Gasteiger partial charge in [-0.05, 0) is 42.0 Å².